The van der Waals surface area contributed by atoms with E-state index in [4.69, 9.17) is 4.74 Å². The summed E-state index contributed by atoms with van der Waals surface area (Å²) in [4.78, 5) is 27.6. The lowest BCUT2D eigenvalue weighted by molar-refractivity contribution is -0.111. The molecule has 0 saturated carbocycles. The van der Waals surface area contributed by atoms with Gasteiger partial charge in [-0.1, -0.05) is 20.4 Å². The van der Waals surface area contributed by atoms with Crippen LogP contribution in [0.25, 0.3) is 16.9 Å². The number of fused-ring (bicyclic) bond motifs is 1. The number of hydrogen-bond donors (Lipinski definition) is 3. The molecule has 3 N–H and O–H groups in total. The first kappa shape index (κ1) is 28.5. The summed E-state index contributed by atoms with van der Waals surface area (Å²) < 4.78 is 22.5. The molecule has 210 valence electrons. The number of nitrogens with zero attached hydrogens (tertiary/aromatic N) is 5. The molecule has 0 bridgehead atoms. The Labute approximate surface area is 233 Å². The van der Waals surface area contributed by atoms with Gasteiger partial charge in [0.25, 0.3) is 0 Å². The summed E-state index contributed by atoms with van der Waals surface area (Å²) in [7, 11) is 5.37. The number of halogens is 1. The minimum absolute atomic E-state index is 0.163. The lowest BCUT2D eigenvalue weighted by Gasteiger charge is -2.24. The highest BCUT2D eigenvalue weighted by molar-refractivity contribution is 6.02. The summed E-state index contributed by atoms with van der Waals surface area (Å²) in [5.41, 5.74) is 5.01. The molecule has 4 aromatic rings. The van der Waals surface area contributed by atoms with Crippen molar-refractivity contribution in [2.45, 2.75) is 26.7 Å². The SMILES string of the molecule is C=CC(=O)Nc1cc(Nc2nccc(-c3cc(F)c4nc(C)c(C(C)C)n4c3)n2)c(OC)cc1N(C)CCNC. The number of hydrogen-bond acceptors (Lipinski definition) is 8. The van der Waals surface area contributed by atoms with Crippen LogP contribution >= 0.6 is 0 Å². The minimum Gasteiger partial charge on any atom is -0.494 e. The molecule has 0 unspecified atom stereocenters. The van der Waals surface area contributed by atoms with Gasteiger partial charge in [-0.3, -0.25) is 4.79 Å². The zero-order valence-corrected chi connectivity index (χ0v) is 23.7. The molecule has 0 atom stereocenters. The van der Waals surface area contributed by atoms with Crippen molar-refractivity contribution < 1.29 is 13.9 Å². The van der Waals surface area contributed by atoms with Gasteiger partial charge in [0.15, 0.2) is 11.5 Å². The molecule has 0 aliphatic heterocycles. The minimum atomic E-state index is -0.428. The van der Waals surface area contributed by atoms with Gasteiger partial charge in [0.05, 0.1) is 35.6 Å². The van der Waals surface area contributed by atoms with Crippen LogP contribution in [0, 0.1) is 12.7 Å². The number of amides is 1. The highest BCUT2D eigenvalue weighted by Crippen LogP contribution is 2.38. The first-order chi connectivity index (χ1) is 19.2. The van der Waals surface area contributed by atoms with E-state index in [0.717, 1.165) is 23.6 Å². The average molecular weight is 547 g/mol. The Balaban J connectivity index is 1.73. The number of benzene rings is 1. The van der Waals surface area contributed by atoms with Crippen LogP contribution in [0.3, 0.4) is 0 Å². The number of nitrogens with one attached hydrogen (secondary N) is 3. The van der Waals surface area contributed by atoms with Gasteiger partial charge in [0, 0.05) is 49.9 Å². The van der Waals surface area contributed by atoms with Gasteiger partial charge in [-0.05, 0) is 44.2 Å². The van der Waals surface area contributed by atoms with Crippen molar-refractivity contribution in [2.75, 3.05) is 49.8 Å². The van der Waals surface area contributed by atoms with Crippen LogP contribution in [0.2, 0.25) is 0 Å². The first-order valence-electron chi connectivity index (χ1n) is 13.0. The standard InChI is InChI=1S/C29H35FN8O2/c1-8-26(39)34-22-14-23(25(40-7)15-24(22)37(6)12-11-31-5)36-29-32-10-9-21(35-29)19-13-20(30)28-33-18(4)27(17(2)3)38(28)16-19/h8-10,13-17,31H,1,11-12H2,2-7H3,(H,34,39)(H,32,35,36). The number of methoxy groups -OCH3 is 1. The molecule has 40 heavy (non-hydrogen) atoms. The predicted octanol–water partition coefficient (Wildman–Crippen LogP) is 4.89. The number of ether oxygens (including phenoxy) is 1. The normalized spacial score (nSPS) is 11.1. The third kappa shape index (κ3) is 5.89. The van der Waals surface area contributed by atoms with E-state index >= 15 is 4.39 Å². The third-order valence-corrected chi connectivity index (χ3v) is 6.51. The Morgan fingerprint density at radius 2 is 2.02 bits per heavy atom. The van der Waals surface area contributed by atoms with Crippen LogP contribution in [-0.2, 0) is 4.79 Å². The molecule has 1 aromatic carbocycles. The van der Waals surface area contributed by atoms with Crippen molar-refractivity contribution in [1.82, 2.24) is 24.7 Å². The fourth-order valence-corrected chi connectivity index (χ4v) is 4.61. The zero-order valence-electron chi connectivity index (χ0n) is 23.7. The molecule has 11 heteroatoms. The molecule has 1 amide bonds. The predicted molar refractivity (Wildman–Crippen MR) is 157 cm³/mol. The Morgan fingerprint density at radius 3 is 2.70 bits per heavy atom. The van der Waals surface area contributed by atoms with E-state index < -0.39 is 5.82 Å². The lowest BCUT2D eigenvalue weighted by Crippen LogP contribution is -2.28. The van der Waals surface area contributed by atoms with Gasteiger partial charge in [-0.2, -0.15) is 0 Å². The molecule has 10 nitrogen and oxygen atoms in total. The molecule has 0 aliphatic rings. The smallest absolute Gasteiger partial charge is 0.247 e. The van der Waals surface area contributed by atoms with Crippen LogP contribution in [0.1, 0.15) is 31.2 Å². The van der Waals surface area contributed by atoms with E-state index in [1.54, 1.807) is 29.8 Å². The molecular weight excluding hydrogens is 511 g/mol. The van der Waals surface area contributed by atoms with Gasteiger partial charge >= 0.3 is 0 Å². The monoisotopic (exact) mass is 546 g/mol. The van der Waals surface area contributed by atoms with E-state index in [1.807, 2.05) is 38.2 Å². The van der Waals surface area contributed by atoms with E-state index in [1.165, 1.54) is 12.1 Å². The van der Waals surface area contributed by atoms with Crippen molar-refractivity contribution in [3.05, 3.63) is 66.5 Å². The Kier molecular flexibility index (Phi) is 8.64. The maximum Gasteiger partial charge on any atom is 0.247 e. The second-order valence-electron chi connectivity index (χ2n) is 9.69. The second kappa shape index (κ2) is 12.1. The van der Waals surface area contributed by atoms with Gasteiger partial charge in [-0.25, -0.2) is 19.3 Å². The summed E-state index contributed by atoms with van der Waals surface area (Å²) in [5.74, 6) is 0.198. The number of rotatable bonds is 11. The maximum absolute atomic E-state index is 15.1. The fourth-order valence-electron chi connectivity index (χ4n) is 4.61. The highest BCUT2D eigenvalue weighted by atomic mass is 19.1. The van der Waals surface area contributed by atoms with E-state index in [-0.39, 0.29) is 23.4 Å². The molecular formula is C29H35FN8O2. The number of aryl methyl sites for hydroxylation is 1. The molecule has 0 saturated heterocycles. The molecule has 3 heterocycles. The quantitative estimate of drug-likeness (QED) is 0.228. The number of aromatic nitrogens is 4. The largest absolute Gasteiger partial charge is 0.494 e. The molecule has 0 radical (unpaired) electrons. The van der Waals surface area contributed by atoms with Crippen LogP contribution < -0.4 is 25.6 Å². The maximum atomic E-state index is 15.1. The Bertz CT molecular complexity index is 1550. The van der Waals surface area contributed by atoms with Crippen molar-refractivity contribution >= 4 is 34.6 Å². The molecule has 0 fully saturated rings. The highest BCUT2D eigenvalue weighted by Gasteiger charge is 2.19. The Hall–Kier alpha value is -4.51. The summed E-state index contributed by atoms with van der Waals surface area (Å²) in [5, 5.41) is 9.18. The van der Waals surface area contributed by atoms with Crippen molar-refractivity contribution in [2.24, 2.45) is 0 Å². The molecule has 0 aliphatic carbocycles. The van der Waals surface area contributed by atoms with Crippen molar-refractivity contribution in [1.29, 1.82) is 0 Å². The van der Waals surface area contributed by atoms with Gasteiger partial charge in [0.2, 0.25) is 11.9 Å². The first-order valence-corrected chi connectivity index (χ1v) is 13.0. The van der Waals surface area contributed by atoms with Gasteiger partial charge in [-0.15, -0.1) is 0 Å². The summed E-state index contributed by atoms with van der Waals surface area (Å²) in [6.07, 6.45) is 4.66. The third-order valence-electron chi connectivity index (χ3n) is 6.51. The van der Waals surface area contributed by atoms with Crippen molar-refractivity contribution in [3.63, 3.8) is 0 Å². The van der Waals surface area contributed by atoms with Gasteiger partial charge < -0.3 is 30.0 Å². The molecule has 4 rings (SSSR count). The van der Waals surface area contributed by atoms with Crippen LogP contribution in [0.15, 0.2) is 49.3 Å². The average Bonchev–Trinajstić information content (AvgIpc) is 3.28. The van der Waals surface area contributed by atoms with E-state index in [9.17, 15) is 4.79 Å². The topological polar surface area (TPSA) is 109 Å². The number of imidazole rings is 1. The summed E-state index contributed by atoms with van der Waals surface area (Å²) in [6.45, 7) is 11.0. The van der Waals surface area contributed by atoms with Gasteiger partial charge in [0.1, 0.15) is 5.75 Å². The second-order valence-corrected chi connectivity index (χ2v) is 9.69. The van der Waals surface area contributed by atoms with Crippen LogP contribution in [-0.4, -0.2) is 59.6 Å². The van der Waals surface area contributed by atoms with E-state index in [0.29, 0.717) is 34.9 Å². The van der Waals surface area contributed by atoms with E-state index in [2.05, 4.69) is 51.3 Å². The molecule has 3 aromatic heterocycles. The summed E-state index contributed by atoms with van der Waals surface area (Å²) >= 11 is 0. The number of anilines is 4. The number of carbonyl (C=O) groups is 1. The van der Waals surface area contributed by atoms with Crippen LogP contribution in [0.5, 0.6) is 5.75 Å². The number of likely N-dealkylation sites (N-methyl/N-ethyl adjacent to an activating group) is 2. The summed E-state index contributed by atoms with van der Waals surface area (Å²) in [6, 6.07) is 6.74. The number of carbonyl (C=O) groups excluding carboxylic acids is 1. The molecule has 0 spiro atoms. The lowest BCUT2D eigenvalue weighted by atomic mass is 10.1. The Morgan fingerprint density at radius 1 is 1.25 bits per heavy atom. The zero-order chi connectivity index (χ0) is 29.0. The van der Waals surface area contributed by atoms with Crippen molar-refractivity contribution in [3.8, 4) is 17.0 Å². The van der Waals surface area contributed by atoms with Crippen LogP contribution in [0.4, 0.5) is 27.4 Å². The fraction of sp³-hybridized carbons (Fsp3) is 0.310. The number of pyridine rings is 1.